The molecule has 0 spiro atoms. The highest BCUT2D eigenvalue weighted by molar-refractivity contribution is 7.89. The third kappa shape index (κ3) is 6.62. The first kappa shape index (κ1) is 22.9. The van der Waals surface area contributed by atoms with E-state index in [-0.39, 0.29) is 11.4 Å². The van der Waals surface area contributed by atoms with Crippen molar-refractivity contribution >= 4 is 27.6 Å². The Morgan fingerprint density at radius 3 is 2.71 bits per heavy atom. The van der Waals surface area contributed by atoms with Crippen LogP contribution in [0.15, 0.2) is 34.2 Å². The average Bonchev–Trinajstić information content (AvgIpc) is 3.00. The van der Waals surface area contributed by atoms with Crippen LogP contribution in [0.5, 0.6) is 0 Å². The minimum absolute atomic E-state index is 0.155. The van der Waals surface area contributed by atoms with Gasteiger partial charge in [-0.1, -0.05) is 24.6 Å². The number of benzene rings is 1. The van der Waals surface area contributed by atoms with E-state index in [0.29, 0.717) is 35.5 Å². The summed E-state index contributed by atoms with van der Waals surface area (Å²) in [6, 6.07) is 7.05. The second-order valence-corrected chi connectivity index (χ2v) is 9.59. The van der Waals surface area contributed by atoms with Crippen molar-refractivity contribution in [1.82, 2.24) is 20.3 Å². The maximum absolute atomic E-state index is 12.3. The van der Waals surface area contributed by atoms with Gasteiger partial charge in [0.25, 0.3) is 0 Å². The Morgan fingerprint density at radius 2 is 2.11 bits per heavy atom. The first-order chi connectivity index (χ1) is 13.2. The van der Waals surface area contributed by atoms with Gasteiger partial charge in [-0.15, -0.1) is 0 Å². The molecule has 1 aromatic rings. The molecule has 28 heavy (non-hydrogen) atoms. The minimum Gasteiger partial charge on any atom is -0.357 e. The Hall–Kier alpha value is -1.35. The SMILES string of the molecule is CCNC(=NCCNS(=O)(=O)c1cccc(Cl)c1)NC1CN(C(C)C)CC1C. The summed E-state index contributed by atoms with van der Waals surface area (Å²) >= 11 is 5.88. The lowest BCUT2D eigenvalue weighted by Gasteiger charge is -2.22. The Morgan fingerprint density at radius 1 is 1.36 bits per heavy atom. The van der Waals surface area contributed by atoms with Gasteiger partial charge in [-0.05, 0) is 44.9 Å². The smallest absolute Gasteiger partial charge is 0.240 e. The first-order valence-electron chi connectivity index (χ1n) is 9.77. The van der Waals surface area contributed by atoms with Gasteiger partial charge in [0.2, 0.25) is 10.0 Å². The summed E-state index contributed by atoms with van der Waals surface area (Å²) < 4.78 is 27.2. The number of halogens is 1. The van der Waals surface area contributed by atoms with E-state index in [1.54, 1.807) is 12.1 Å². The van der Waals surface area contributed by atoms with Gasteiger partial charge in [-0.2, -0.15) is 0 Å². The summed E-state index contributed by atoms with van der Waals surface area (Å²) in [5.74, 6) is 1.24. The molecule has 158 valence electrons. The van der Waals surface area contributed by atoms with Crippen molar-refractivity contribution in [3.63, 3.8) is 0 Å². The van der Waals surface area contributed by atoms with Crippen molar-refractivity contribution < 1.29 is 8.42 Å². The quantitative estimate of drug-likeness (QED) is 0.334. The second kappa shape index (κ2) is 10.4. The van der Waals surface area contributed by atoms with Crippen LogP contribution in [0.1, 0.15) is 27.7 Å². The molecule has 0 amide bonds. The number of rotatable bonds is 8. The van der Waals surface area contributed by atoms with Gasteiger partial charge in [-0.25, -0.2) is 13.1 Å². The highest BCUT2D eigenvalue weighted by Crippen LogP contribution is 2.18. The molecule has 0 aliphatic carbocycles. The zero-order chi connectivity index (χ0) is 20.7. The molecule has 1 heterocycles. The number of nitrogens with zero attached hydrogens (tertiary/aromatic N) is 2. The van der Waals surface area contributed by atoms with E-state index >= 15 is 0 Å². The van der Waals surface area contributed by atoms with Gasteiger partial charge >= 0.3 is 0 Å². The number of nitrogens with one attached hydrogen (secondary N) is 3. The van der Waals surface area contributed by atoms with Crippen molar-refractivity contribution in [3.8, 4) is 0 Å². The maximum Gasteiger partial charge on any atom is 0.240 e. The molecular formula is C19H32ClN5O2S. The highest BCUT2D eigenvalue weighted by Gasteiger charge is 2.31. The molecular weight excluding hydrogens is 398 g/mol. The normalized spacial score (nSPS) is 21.3. The summed E-state index contributed by atoms with van der Waals surface area (Å²) in [5.41, 5.74) is 0. The highest BCUT2D eigenvalue weighted by atomic mass is 35.5. The Balaban J connectivity index is 1.90. The molecule has 7 nitrogen and oxygen atoms in total. The summed E-state index contributed by atoms with van der Waals surface area (Å²) in [6.07, 6.45) is 0. The van der Waals surface area contributed by atoms with E-state index in [4.69, 9.17) is 11.6 Å². The van der Waals surface area contributed by atoms with Crippen LogP contribution in [0, 0.1) is 5.92 Å². The molecule has 0 radical (unpaired) electrons. The minimum atomic E-state index is -3.59. The lowest BCUT2D eigenvalue weighted by atomic mass is 10.1. The molecule has 0 bridgehead atoms. The lowest BCUT2D eigenvalue weighted by Crippen LogP contribution is -2.47. The van der Waals surface area contributed by atoms with Crippen LogP contribution in [0.2, 0.25) is 5.02 Å². The fourth-order valence-corrected chi connectivity index (χ4v) is 4.50. The number of hydrogen-bond donors (Lipinski definition) is 3. The van der Waals surface area contributed by atoms with Crippen LogP contribution in [0.4, 0.5) is 0 Å². The predicted molar refractivity (Wildman–Crippen MR) is 115 cm³/mol. The molecule has 1 aliphatic rings. The Bertz CT molecular complexity index is 769. The van der Waals surface area contributed by atoms with Crippen molar-refractivity contribution in [2.45, 2.75) is 44.7 Å². The Kier molecular flexibility index (Phi) is 8.55. The summed E-state index contributed by atoms with van der Waals surface area (Å²) in [5, 5.41) is 7.12. The number of aliphatic imine (C=N–C) groups is 1. The van der Waals surface area contributed by atoms with E-state index in [0.717, 1.165) is 19.6 Å². The third-order valence-electron chi connectivity index (χ3n) is 4.82. The molecule has 2 unspecified atom stereocenters. The second-order valence-electron chi connectivity index (χ2n) is 7.39. The van der Waals surface area contributed by atoms with Gasteiger partial charge < -0.3 is 10.6 Å². The van der Waals surface area contributed by atoms with E-state index in [1.165, 1.54) is 12.1 Å². The van der Waals surface area contributed by atoms with E-state index in [1.807, 2.05) is 6.92 Å². The molecule has 1 saturated heterocycles. The monoisotopic (exact) mass is 429 g/mol. The van der Waals surface area contributed by atoms with Crippen LogP contribution in [0.3, 0.4) is 0 Å². The number of hydrogen-bond acceptors (Lipinski definition) is 4. The van der Waals surface area contributed by atoms with Crippen LogP contribution in [0.25, 0.3) is 0 Å². The van der Waals surface area contributed by atoms with Gasteiger partial charge in [0, 0.05) is 43.3 Å². The fourth-order valence-electron chi connectivity index (χ4n) is 3.17. The molecule has 1 aromatic carbocycles. The van der Waals surface area contributed by atoms with Crippen LogP contribution < -0.4 is 15.4 Å². The van der Waals surface area contributed by atoms with E-state index in [9.17, 15) is 8.42 Å². The summed E-state index contributed by atoms with van der Waals surface area (Å²) in [7, 11) is -3.59. The zero-order valence-corrected chi connectivity index (χ0v) is 18.6. The van der Waals surface area contributed by atoms with Gasteiger partial charge in [0.1, 0.15) is 0 Å². The fraction of sp³-hybridized carbons (Fsp3) is 0.632. The van der Waals surface area contributed by atoms with Gasteiger partial charge in [-0.3, -0.25) is 9.89 Å². The molecule has 9 heteroatoms. The molecule has 2 atom stereocenters. The molecule has 1 aliphatic heterocycles. The van der Waals surface area contributed by atoms with Crippen LogP contribution in [-0.2, 0) is 10.0 Å². The predicted octanol–water partition coefficient (Wildman–Crippen LogP) is 1.90. The maximum atomic E-state index is 12.3. The molecule has 2 rings (SSSR count). The molecule has 0 aromatic heterocycles. The van der Waals surface area contributed by atoms with Crippen LogP contribution >= 0.6 is 11.6 Å². The van der Waals surface area contributed by atoms with E-state index < -0.39 is 10.0 Å². The van der Waals surface area contributed by atoms with Crippen molar-refractivity contribution in [3.05, 3.63) is 29.3 Å². The average molecular weight is 430 g/mol. The molecule has 1 fully saturated rings. The lowest BCUT2D eigenvalue weighted by molar-refractivity contribution is 0.265. The van der Waals surface area contributed by atoms with Gasteiger partial charge in [0.15, 0.2) is 5.96 Å². The number of sulfonamides is 1. The third-order valence-corrected chi connectivity index (χ3v) is 6.51. The first-order valence-corrected chi connectivity index (χ1v) is 11.6. The largest absolute Gasteiger partial charge is 0.357 e. The zero-order valence-electron chi connectivity index (χ0n) is 17.1. The molecule has 0 saturated carbocycles. The Labute approximate surface area is 174 Å². The van der Waals surface area contributed by atoms with Crippen molar-refractivity contribution in [2.24, 2.45) is 10.9 Å². The summed E-state index contributed by atoms with van der Waals surface area (Å²) in [6.45, 7) is 12.0. The van der Waals surface area contributed by atoms with Crippen molar-refractivity contribution in [2.75, 3.05) is 32.7 Å². The van der Waals surface area contributed by atoms with Crippen molar-refractivity contribution in [1.29, 1.82) is 0 Å². The van der Waals surface area contributed by atoms with Crippen LogP contribution in [-0.4, -0.2) is 64.1 Å². The summed E-state index contributed by atoms with van der Waals surface area (Å²) in [4.78, 5) is 7.12. The molecule has 3 N–H and O–H groups in total. The number of likely N-dealkylation sites (tertiary alicyclic amines) is 1. The number of guanidine groups is 1. The standard InChI is InChI=1S/C19H32ClN5O2S/c1-5-21-19(24-18-13-25(14(2)3)12-15(18)4)22-9-10-23-28(26,27)17-8-6-7-16(20)11-17/h6-8,11,14-15,18,23H,5,9-10,12-13H2,1-4H3,(H2,21,22,24). The topological polar surface area (TPSA) is 85.8 Å². The van der Waals surface area contributed by atoms with Gasteiger partial charge in [0.05, 0.1) is 11.4 Å². The van der Waals surface area contributed by atoms with E-state index in [2.05, 4.69) is 46.0 Å².